The molecule has 0 saturated carbocycles. The van der Waals surface area contributed by atoms with E-state index in [1.165, 1.54) is 18.2 Å². The van der Waals surface area contributed by atoms with Crippen LogP contribution in [0.5, 0.6) is 0 Å². The molecule has 0 saturated heterocycles. The lowest BCUT2D eigenvalue weighted by Crippen LogP contribution is -2.37. The van der Waals surface area contributed by atoms with E-state index in [1.807, 2.05) is 30.3 Å². The number of carbonyl (C=O) groups excluding carboxylic acids is 2. The minimum Gasteiger partial charge on any atom is -0.435 e. The Labute approximate surface area is 149 Å². The Bertz CT molecular complexity index is 922. The van der Waals surface area contributed by atoms with Gasteiger partial charge in [0.1, 0.15) is 17.8 Å². The largest absolute Gasteiger partial charge is 0.435 e. The highest BCUT2D eigenvalue weighted by atomic mass is 19.1. The van der Waals surface area contributed by atoms with Crippen molar-refractivity contribution < 1.29 is 18.4 Å². The molecule has 0 bridgehead atoms. The Kier molecular flexibility index (Phi) is 5.22. The summed E-state index contributed by atoms with van der Waals surface area (Å²) in [6.07, 6.45) is 1.04. The van der Waals surface area contributed by atoms with Crippen molar-refractivity contribution in [3.8, 4) is 11.3 Å². The molecule has 26 heavy (non-hydrogen) atoms. The lowest BCUT2D eigenvalue weighted by atomic mass is 10.1. The van der Waals surface area contributed by atoms with Crippen LogP contribution in [-0.4, -0.2) is 23.2 Å². The topological polar surface area (TPSA) is 72.2 Å². The minimum atomic E-state index is -0.712. The number of rotatable bonds is 6. The minimum absolute atomic E-state index is 0.0481. The van der Waals surface area contributed by atoms with Crippen LogP contribution in [0.1, 0.15) is 22.0 Å². The van der Waals surface area contributed by atoms with Crippen molar-refractivity contribution in [2.75, 3.05) is 0 Å². The number of nitrogens with zero attached hydrogens (tertiary/aromatic N) is 1. The number of hydrogen-bond acceptors (Lipinski definition) is 4. The van der Waals surface area contributed by atoms with Crippen molar-refractivity contribution in [2.24, 2.45) is 0 Å². The second-order valence-electron chi connectivity index (χ2n) is 5.83. The molecule has 1 amide bonds. The van der Waals surface area contributed by atoms with E-state index < -0.39 is 17.8 Å². The Balaban J connectivity index is 1.82. The first-order valence-corrected chi connectivity index (χ1v) is 8.10. The van der Waals surface area contributed by atoms with E-state index in [2.05, 4.69) is 10.3 Å². The maximum absolute atomic E-state index is 13.5. The zero-order chi connectivity index (χ0) is 18.5. The SMILES string of the molecule is Cc1nc(-c2cccc(F)c2)c(C(=O)NC(C=O)Cc2ccccc2)o1. The molecule has 1 atom stereocenters. The van der Waals surface area contributed by atoms with Crippen molar-refractivity contribution in [3.63, 3.8) is 0 Å². The van der Waals surface area contributed by atoms with Crippen LogP contribution in [0, 0.1) is 12.7 Å². The van der Waals surface area contributed by atoms with Crippen molar-refractivity contribution in [3.05, 3.63) is 77.6 Å². The summed E-state index contributed by atoms with van der Waals surface area (Å²) in [4.78, 5) is 28.1. The van der Waals surface area contributed by atoms with Gasteiger partial charge in [0.25, 0.3) is 5.91 Å². The average molecular weight is 352 g/mol. The molecule has 0 aliphatic heterocycles. The first-order chi connectivity index (χ1) is 12.6. The zero-order valence-corrected chi connectivity index (χ0v) is 14.1. The number of carbonyl (C=O) groups is 2. The van der Waals surface area contributed by atoms with E-state index >= 15 is 0 Å². The van der Waals surface area contributed by atoms with Crippen LogP contribution < -0.4 is 5.32 Å². The van der Waals surface area contributed by atoms with Crippen LogP contribution in [0.15, 0.2) is 59.0 Å². The average Bonchev–Trinajstić information content (AvgIpc) is 3.04. The standard InChI is InChI=1S/C20H17FN2O3/c1-13-22-18(15-8-5-9-16(21)11-15)19(26-13)20(25)23-17(12-24)10-14-6-3-2-4-7-14/h2-9,11-12,17H,10H2,1H3,(H,23,25). The third-order valence-electron chi connectivity index (χ3n) is 3.82. The number of oxazole rings is 1. The van der Waals surface area contributed by atoms with Crippen LogP contribution in [0.4, 0.5) is 4.39 Å². The monoisotopic (exact) mass is 352 g/mol. The summed E-state index contributed by atoms with van der Waals surface area (Å²) >= 11 is 0. The Morgan fingerprint density at radius 3 is 2.69 bits per heavy atom. The van der Waals surface area contributed by atoms with Crippen molar-refractivity contribution in [1.82, 2.24) is 10.3 Å². The molecule has 5 nitrogen and oxygen atoms in total. The van der Waals surface area contributed by atoms with Crippen LogP contribution in [0.2, 0.25) is 0 Å². The number of nitrogens with one attached hydrogen (secondary N) is 1. The number of hydrogen-bond donors (Lipinski definition) is 1. The lowest BCUT2D eigenvalue weighted by Gasteiger charge is -2.12. The van der Waals surface area contributed by atoms with E-state index in [9.17, 15) is 14.0 Å². The highest BCUT2D eigenvalue weighted by Crippen LogP contribution is 2.24. The first kappa shape index (κ1) is 17.5. The third kappa shape index (κ3) is 4.03. The Morgan fingerprint density at radius 1 is 1.23 bits per heavy atom. The molecule has 1 unspecified atom stereocenters. The van der Waals surface area contributed by atoms with Gasteiger partial charge in [-0.3, -0.25) is 4.79 Å². The molecule has 1 aromatic heterocycles. The molecule has 0 aliphatic rings. The number of aryl methyl sites for hydroxylation is 1. The van der Waals surface area contributed by atoms with Gasteiger partial charge in [-0.1, -0.05) is 42.5 Å². The highest BCUT2D eigenvalue weighted by molar-refractivity contribution is 5.98. The van der Waals surface area contributed by atoms with Gasteiger partial charge in [0.15, 0.2) is 5.89 Å². The van der Waals surface area contributed by atoms with E-state index in [-0.39, 0.29) is 17.3 Å². The molecule has 0 radical (unpaired) electrons. The summed E-state index contributed by atoms with van der Waals surface area (Å²) in [7, 11) is 0. The van der Waals surface area contributed by atoms with Gasteiger partial charge in [-0.25, -0.2) is 9.37 Å². The third-order valence-corrected chi connectivity index (χ3v) is 3.82. The molecule has 0 fully saturated rings. The molecular weight excluding hydrogens is 335 g/mol. The second-order valence-corrected chi connectivity index (χ2v) is 5.83. The van der Waals surface area contributed by atoms with Gasteiger partial charge in [0.05, 0.1) is 6.04 Å². The molecule has 1 N–H and O–H groups in total. The lowest BCUT2D eigenvalue weighted by molar-refractivity contribution is -0.109. The zero-order valence-electron chi connectivity index (χ0n) is 14.1. The summed E-state index contributed by atoms with van der Waals surface area (Å²) < 4.78 is 18.9. The Morgan fingerprint density at radius 2 is 2.00 bits per heavy atom. The number of benzene rings is 2. The van der Waals surface area contributed by atoms with Gasteiger partial charge in [0.2, 0.25) is 5.76 Å². The van der Waals surface area contributed by atoms with Gasteiger partial charge in [-0.15, -0.1) is 0 Å². The normalized spacial score (nSPS) is 11.8. The van der Waals surface area contributed by atoms with E-state index in [1.54, 1.807) is 13.0 Å². The maximum Gasteiger partial charge on any atom is 0.289 e. The Hall–Kier alpha value is -3.28. The molecule has 2 aromatic carbocycles. The van der Waals surface area contributed by atoms with E-state index in [4.69, 9.17) is 4.42 Å². The first-order valence-electron chi connectivity index (χ1n) is 8.10. The van der Waals surface area contributed by atoms with Gasteiger partial charge in [-0.05, 0) is 24.1 Å². The molecule has 3 rings (SSSR count). The van der Waals surface area contributed by atoms with Crippen LogP contribution in [0.3, 0.4) is 0 Å². The molecule has 1 heterocycles. The maximum atomic E-state index is 13.5. The molecular formula is C20H17FN2O3. The summed E-state index contributed by atoms with van der Waals surface area (Å²) in [6, 6.07) is 14.4. The smallest absolute Gasteiger partial charge is 0.289 e. The molecule has 3 aromatic rings. The van der Waals surface area contributed by atoms with Crippen LogP contribution in [-0.2, 0) is 11.2 Å². The predicted molar refractivity (Wildman–Crippen MR) is 94.1 cm³/mol. The number of halogens is 1. The molecule has 0 spiro atoms. The summed E-state index contributed by atoms with van der Waals surface area (Å²) in [5.74, 6) is -0.782. The van der Waals surface area contributed by atoms with Crippen LogP contribution in [0.25, 0.3) is 11.3 Å². The summed E-state index contributed by atoms with van der Waals surface area (Å²) in [6.45, 7) is 1.60. The summed E-state index contributed by atoms with van der Waals surface area (Å²) in [5.41, 5.74) is 1.59. The van der Waals surface area contributed by atoms with Crippen LogP contribution >= 0.6 is 0 Å². The molecule has 0 aliphatic carbocycles. The van der Waals surface area contributed by atoms with Crippen molar-refractivity contribution in [2.45, 2.75) is 19.4 Å². The van der Waals surface area contributed by atoms with Crippen molar-refractivity contribution in [1.29, 1.82) is 0 Å². The van der Waals surface area contributed by atoms with E-state index in [0.29, 0.717) is 18.3 Å². The number of aromatic nitrogens is 1. The fraction of sp³-hybridized carbons (Fsp3) is 0.150. The second kappa shape index (κ2) is 7.74. The molecule has 6 heteroatoms. The molecule has 132 valence electrons. The summed E-state index contributed by atoms with van der Waals surface area (Å²) in [5, 5.41) is 2.64. The van der Waals surface area contributed by atoms with Gasteiger partial charge in [-0.2, -0.15) is 0 Å². The fourth-order valence-corrected chi connectivity index (χ4v) is 2.65. The van der Waals surface area contributed by atoms with Gasteiger partial charge >= 0.3 is 0 Å². The number of amides is 1. The van der Waals surface area contributed by atoms with E-state index in [0.717, 1.165) is 5.56 Å². The quantitative estimate of drug-likeness (QED) is 0.691. The predicted octanol–water partition coefficient (Wildman–Crippen LogP) is 3.33. The van der Waals surface area contributed by atoms with Crippen molar-refractivity contribution >= 4 is 12.2 Å². The van der Waals surface area contributed by atoms with Gasteiger partial charge < -0.3 is 14.5 Å². The van der Waals surface area contributed by atoms with Gasteiger partial charge in [0, 0.05) is 12.5 Å². The fourth-order valence-electron chi connectivity index (χ4n) is 2.65. The number of aldehydes is 1. The highest BCUT2D eigenvalue weighted by Gasteiger charge is 2.23.